The van der Waals surface area contributed by atoms with Crippen LogP contribution in [0.5, 0.6) is 0 Å². The van der Waals surface area contributed by atoms with Gasteiger partial charge in [-0.25, -0.2) is 0 Å². The van der Waals surface area contributed by atoms with Gasteiger partial charge in [0.1, 0.15) is 5.69 Å². The molecule has 1 aromatic carbocycles. The van der Waals surface area contributed by atoms with Crippen LogP contribution in [0.3, 0.4) is 0 Å². The quantitative estimate of drug-likeness (QED) is 0.780. The van der Waals surface area contributed by atoms with Crippen LogP contribution in [0.4, 0.5) is 0 Å². The molecule has 3 N–H and O–H groups in total. The van der Waals surface area contributed by atoms with Gasteiger partial charge in [0.2, 0.25) is 0 Å². The van der Waals surface area contributed by atoms with Gasteiger partial charge in [-0.3, -0.25) is 9.69 Å². The number of carbonyl (C=O) groups excluding carboxylic acids is 1. The Labute approximate surface area is 142 Å². The number of rotatable bonds is 5. The molecule has 23 heavy (non-hydrogen) atoms. The first-order chi connectivity index (χ1) is 10.8. The number of piperazine rings is 1. The van der Waals surface area contributed by atoms with E-state index in [1.54, 1.807) is 0 Å². The van der Waals surface area contributed by atoms with Gasteiger partial charge in [-0.2, -0.15) is 0 Å². The van der Waals surface area contributed by atoms with Crippen molar-refractivity contribution in [1.29, 1.82) is 0 Å². The monoisotopic (exact) mass is 334 g/mol. The largest absolute Gasteiger partial charge is 0.351 e. The van der Waals surface area contributed by atoms with Gasteiger partial charge in [-0.15, -0.1) is 12.4 Å². The van der Waals surface area contributed by atoms with E-state index < -0.39 is 0 Å². The standard InChI is InChI=1S/C17H22N4O.ClH/c22-17(19-10-13-21-11-8-18-9-12-21)16-7-6-15(20-16)14-4-2-1-3-5-14;/h1-7,18,20H,8-13H2,(H,19,22);1H. The Morgan fingerprint density at radius 3 is 2.57 bits per heavy atom. The number of halogens is 1. The highest BCUT2D eigenvalue weighted by molar-refractivity contribution is 5.93. The molecule has 1 aliphatic rings. The van der Waals surface area contributed by atoms with Crippen LogP contribution in [0, 0.1) is 0 Å². The Morgan fingerprint density at radius 2 is 1.83 bits per heavy atom. The number of benzene rings is 1. The summed E-state index contributed by atoms with van der Waals surface area (Å²) in [5.74, 6) is -0.0442. The van der Waals surface area contributed by atoms with E-state index in [0.717, 1.165) is 44.0 Å². The predicted molar refractivity (Wildman–Crippen MR) is 95.1 cm³/mol. The average molecular weight is 335 g/mol. The lowest BCUT2D eigenvalue weighted by molar-refractivity contribution is 0.0943. The molecule has 0 aliphatic carbocycles. The molecule has 1 amide bonds. The number of nitrogens with zero attached hydrogens (tertiary/aromatic N) is 1. The van der Waals surface area contributed by atoms with Crippen LogP contribution in [0.25, 0.3) is 11.3 Å². The number of aromatic amines is 1. The zero-order valence-electron chi connectivity index (χ0n) is 13.0. The van der Waals surface area contributed by atoms with Crippen molar-refractivity contribution in [1.82, 2.24) is 20.5 Å². The van der Waals surface area contributed by atoms with Crippen molar-refractivity contribution in [2.24, 2.45) is 0 Å². The molecule has 0 bridgehead atoms. The maximum atomic E-state index is 12.2. The molecule has 0 unspecified atom stereocenters. The maximum absolute atomic E-state index is 12.2. The number of aromatic nitrogens is 1. The SMILES string of the molecule is Cl.O=C(NCCN1CCNCC1)c1ccc(-c2ccccc2)[nH]1. The molecule has 1 aliphatic heterocycles. The van der Waals surface area contributed by atoms with Gasteiger partial charge >= 0.3 is 0 Å². The van der Waals surface area contributed by atoms with E-state index in [0.29, 0.717) is 12.2 Å². The van der Waals surface area contributed by atoms with Crippen molar-refractivity contribution >= 4 is 18.3 Å². The lowest BCUT2D eigenvalue weighted by Crippen LogP contribution is -2.46. The van der Waals surface area contributed by atoms with E-state index in [1.165, 1.54) is 0 Å². The molecule has 0 atom stereocenters. The number of H-pyrrole nitrogens is 1. The highest BCUT2D eigenvalue weighted by Crippen LogP contribution is 2.17. The van der Waals surface area contributed by atoms with Crippen molar-refractivity contribution in [3.63, 3.8) is 0 Å². The molecule has 1 aromatic heterocycles. The molecule has 124 valence electrons. The fraction of sp³-hybridized carbons (Fsp3) is 0.353. The van der Waals surface area contributed by atoms with Gasteiger partial charge in [0.15, 0.2) is 0 Å². The van der Waals surface area contributed by atoms with Crippen LogP contribution in [0.1, 0.15) is 10.5 Å². The minimum absolute atomic E-state index is 0. The molecule has 2 heterocycles. The summed E-state index contributed by atoms with van der Waals surface area (Å²) in [5, 5.41) is 6.30. The zero-order chi connectivity index (χ0) is 15.2. The van der Waals surface area contributed by atoms with Gasteiger partial charge in [0.05, 0.1) is 0 Å². The predicted octanol–water partition coefficient (Wildman–Crippen LogP) is 1.74. The van der Waals surface area contributed by atoms with E-state index in [4.69, 9.17) is 0 Å². The van der Waals surface area contributed by atoms with E-state index in [9.17, 15) is 4.79 Å². The molecular weight excluding hydrogens is 312 g/mol. The van der Waals surface area contributed by atoms with Crippen LogP contribution in [-0.4, -0.2) is 55.1 Å². The number of amides is 1. The Morgan fingerprint density at radius 1 is 1.09 bits per heavy atom. The molecule has 5 nitrogen and oxygen atoms in total. The highest BCUT2D eigenvalue weighted by atomic mass is 35.5. The topological polar surface area (TPSA) is 60.2 Å². The van der Waals surface area contributed by atoms with Crippen LogP contribution >= 0.6 is 12.4 Å². The van der Waals surface area contributed by atoms with Gasteiger partial charge in [-0.1, -0.05) is 30.3 Å². The summed E-state index contributed by atoms with van der Waals surface area (Å²) in [6.45, 7) is 5.75. The van der Waals surface area contributed by atoms with Crippen molar-refractivity contribution < 1.29 is 4.79 Å². The van der Waals surface area contributed by atoms with E-state index in [1.807, 2.05) is 42.5 Å². The lowest BCUT2D eigenvalue weighted by atomic mass is 10.2. The summed E-state index contributed by atoms with van der Waals surface area (Å²) >= 11 is 0. The molecule has 0 saturated carbocycles. The third-order valence-corrected chi connectivity index (χ3v) is 3.94. The van der Waals surface area contributed by atoms with Gasteiger partial charge in [0, 0.05) is 45.0 Å². The molecular formula is C17H23ClN4O. The molecule has 6 heteroatoms. The fourth-order valence-electron chi connectivity index (χ4n) is 2.67. The molecule has 3 rings (SSSR count). The average Bonchev–Trinajstić information content (AvgIpc) is 3.07. The zero-order valence-corrected chi connectivity index (χ0v) is 13.9. The van der Waals surface area contributed by atoms with E-state index in [2.05, 4.69) is 20.5 Å². The van der Waals surface area contributed by atoms with Gasteiger partial charge in [0.25, 0.3) is 5.91 Å². The summed E-state index contributed by atoms with van der Waals surface area (Å²) in [7, 11) is 0. The number of carbonyl (C=O) groups is 1. The Hall–Kier alpha value is -1.82. The second-order valence-corrected chi connectivity index (χ2v) is 5.50. The van der Waals surface area contributed by atoms with Gasteiger partial charge in [-0.05, 0) is 17.7 Å². The van der Waals surface area contributed by atoms with Gasteiger partial charge < -0.3 is 15.6 Å². The normalized spacial score (nSPS) is 15.0. The molecule has 0 spiro atoms. The molecule has 0 radical (unpaired) electrons. The van der Waals surface area contributed by atoms with E-state index in [-0.39, 0.29) is 18.3 Å². The summed E-state index contributed by atoms with van der Waals surface area (Å²) in [5.41, 5.74) is 2.66. The summed E-state index contributed by atoms with van der Waals surface area (Å²) in [4.78, 5) is 17.7. The maximum Gasteiger partial charge on any atom is 0.267 e. The first-order valence-electron chi connectivity index (χ1n) is 7.78. The second-order valence-electron chi connectivity index (χ2n) is 5.50. The van der Waals surface area contributed by atoms with Crippen molar-refractivity contribution in [3.8, 4) is 11.3 Å². The van der Waals surface area contributed by atoms with Crippen molar-refractivity contribution in [2.75, 3.05) is 39.3 Å². The van der Waals surface area contributed by atoms with E-state index >= 15 is 0 Å². The first-order valence-corrected chi connectivity index (χ1v) is 7.78. The van der Waals surface area contributed by atoms with Crippen LogP contribution in [0.15, 0.2) is 42.5 Å². The summed E-state index contributed by atoms with van der Waals surface area (Å²) < 4.78 is 0. The number of hydrogen-bond donors (Lipinski definition) is 3. The minimum Gasteiger partial charge on any atom is -0.351 e. The third-order valence-electron chi connectivity index (χ3n) is 3.94. The van der Waals surface area contributed by atoms with Crippen molar-refractivity contribution in [2.45, 2.75) is 0 Å². The Kier molecular flexibility index (Phi) is 6.65. The third kappa shape index (κ3) is 4.82. The van der Waals surface area contributed by atoms with Crippen LogP contribution in [-0.2, 0) is 0 Å². The Balaban J connectivity index is 0.00000192. The Bertz CT molecular complexity index is 608. The summed E-state index contributed by atoms with van der Waals surface area (Å²) in [6.07, 6.45) is 0. The fourth-order valence-corrected chi connectivity index (χ4v) is 2.67. The number of nitrogens with one attached hydrogen (secondary N) is 3. The molecule has 2 aromatic rings. The second kappa shape index (κ2) is 8.72. The number of hydrogen-bond acceptors (Lipinski definition) is 3. The summed E-state index contributed by atoms with van der Waals surface area (Å²) in [6, 6.07) is 13.8. The molecule has 1 saturated heterocycles. The van der Waals surface area contributed by atoms with Crippen molar-refractivity contribution in [3.05, 3.63) is 48.2 Å². The molecule has 1 fully saturated rings. The highest BCUT2D eigenvalue weighted by Gasteiger charge is 2.11. The first kappa shape index (κ1) is 17.5. The van der Waals surface area contributed by atoms with Crippen LogP contribution < -0.4 is 10.6 Å². The smallest absolute Gasteiger partial charge is 0.267 e. The minimum atomic E-state index is -0.0442. The lowest BCUT2D eigenvalue weighted by Gasteiger charge is -2.27. The van der Waals surface area contributed by atoms with Crippen LogP contribution in [0.2, 0.25) is 0 Å².